The molecule has 0 radical (unpaired) electrons. The van der Waals surface area contributed by atoms with Crippen LogP contribution in [0.2, 0.25) is 0 Å². The van der Waals surface area contributed by atoms with Crippen molar-refractivity contribution < 1.29 is 14.2 Å². The molecule has 3 N–H and O–H groups in total. The van der Waals surface area contributed by atoms with Gasteiger partial charge in [-0.25, -0.2) is 4.39 Å². The predicted molar refractivity (Wildman–Crippen MR) is 98.8 cm³/mol. The summed E-state index contributed by atoms with van der Waals surface area (Å²) in [5.41, 5.74) is 3.48. The Morgan fingerprint density at radius 2 is 2.04 bits per heavy atom. The monoisotopic (exact) mass is 361 g/mol. The SMILES string of the molecule is Cc1n[nH]c(C)c1CCCN[C@H]1CCC[C@@H](Oc2ccc(F)cc2)[C@@H]1O. The number of H-pyrrole nitrogens is 1. The van der Waals surface area contributed by atoms with Gasteiger partial charge in [0.2, 0.25) is 0 Å². The summed E-state index contributed by atoms with van der Waals surface area (Å²) in [6, 6.07) is 5.99. The number of nitrogens with zero attached hydrogens (tertiary/aromatic N) is 1. The zero-order chi connectivity index (χ0) is 18.5. The first-order chi connectivity index (χ1) is 12.5. The largest absolute Gasteiger partial charge is 0.488 e. The third-order valence-corrected chi connectivity index (χ3v) is 5.19. The van der Waals surface area contributed by atoms with Gasteiger partial charge in [0.05, 0.1) is 5.69 Å². The molecule has 0 unspecified atom stereocenters. The van der Waals surface area contributed by atoms with Gasteiger partial charge < -0.3 is 15.2 Å². The Labute approximate surface area is 154 Å². The Hall–Kier alpha value is -1.92. The van der Waals surface area contributed by atoms with Crippen molar-refractivity contribution in [3.63, 3.8) is 0 Å². The van der Waals surface area contributed by atoms with Gasteiger partial charge in [0, 0.05) is 11.7 Å². The molecule has 3 atom stereocenters. The number of nitrogens with one attached hydrogen (secondary N) is 2. The van der Waals surface area contributed by atoms with Crippen LogP contribution in [0.1, 0.15) is 42.6 Å². The number of aromatic nitrogens is 2. The first kappa shape index (κ1) is 18.9. The summed E-state index contributed by atoms with van der Waals surface area (Å²) in [4.78, 5) is 0. The molecule has 142 valence electrons. The van der Waals surface area contributed by atoms with Crippen molar-refractivity contribution in [3.05, 3.63) is 47.0 Å². The summed E-state index contributed by atoms with van der Waals surface area (Å²) in [7, 11) is 0. The summed E-state index contributed by atoms with van der Waals surface area (Å²) < 4.78 is 18.9. The fraction of sp³-hybridized carbons (Fsp3) is 0.550. The molecule has 0 bridgehead atoms. The highest BCUT2D eigenvalue weighted by atomic mass is 19.1. The molecular formula is C20H28FN3O2. The number of aromatic amines is 1. The average Bonchev–Trinajstić information content (AvgIpc) is 2.95. The quantitative estimate of drug-likeness (QED) is 0.663. The lowest BCUT2D eigenvalue weighted by atomic mass is 9.89. The molecule has 1 aromatic carbocycles. The highest BCUT2D eigenvalue weighted by Crippen LogP contribution is 2.24. The zero-order valence-corrected chi connectivity index (χ0v) is 15.5. The van der Waals surface area contributed by atoms with E-state index in [9.17, 15) is 9.50 Å². The third-order valence-electron chi connectivity index (χ3n) is 5.19. The molecule has 1 aliphatic rings. The Morgan fingerprint density at radius 1 is 1.27 bits per heavy atom. The van der Waals surface area contributed by atoms with Crippen LogP contribution in [0.5, 0.6) is 5.75 Å². The van der Waals surface area contributed by atoms with Gasteiger partial charge in [-0.15, -0.1) is 0 Å². The molecule has 1 aromatic heterocycles. The second-order valence-electron chi connectivity index (χ2n) is 7.11. The summed E-state index contributed by atoms with van der Waals surface area (Å²) in [5.74, 6) is 0.311. The molecule has 3 rings (SSSR count). The number of halogens is 1. The third kappa shape index (κ3) is 4.62. The van der Waals surface area contributed by atoms with Crippen LogP contribution >= 0.6 is 0 Å². The van der Waals surface area contributed by atoms with Gasteiger partial charge in [-0.3, -0.25) is 5.10 Å². The van der Waals surface area contributed by atoms with E-state index in [0.717, 1.165) is 50.0 Å². The van der Waals surface area contributed by atoms with Crippen LogP contribution in [0, 0.1) is 19.7 Å². The summed E-state index contributed by atoms with van der Waals surface area (Å²) in [6.45, 7) is 4.91. The van der Waals surface area contributed by atoms with Crippen LogP contribution in [0.3, 0.4) is 0 Å². The Kier molecular flexibility index (Phi) is 6.27. The van der Waals surface area contributed by atoms with Gasteiger partial charge in [0.25, 0.3) is 0 Å². The van der Waals surface area contributed by atoms with Crippen molar-refractivity contribution in [1.29, 1.82) is 0 Å². The predicted octanol–water partition coefficient (Wildman–Crippen LogP) is 3.05. The molecule has 26 heavy (non-hydrogen) atoms. The van der Waals surface area contributed by atoms with Crippen molar-refractivity contribution in [1.82, 2.24) is 15.5 Å². The van der Waals surface area contributed by atoms with Crippen molar-refractivity contribution in [3.8, 4) is 5.75 Å². The summed E-state index contributed by atoms with van der Waals surface area (Å²) >= 11 is 0. The van der Waals surface area contributed by atoms with Gasteiger partial charge in [-0.1, -0.05) is 0 Å². The van der Waals surface area contributed by atoms with E-state index in [0.29, 0.717) is 5.75 Å². The molecule has 0 saturated heterocycles. The van der Waals surface area contributed by atoms with Crippen LogP contribution in [0.25, 0.3) is 0 Å². The first-order valence-corrected chi connectivity index (χ1v) is 9.38. The molecule has 0 aliphatic heterocycles. The normalized spacial score (nSPS) is 23.2. The maximum Gasteiger partial charge on any atom is 0.126 e. The van der Waals surface area contributed by atoms with Gasteiger partial charge in [-0.2, -0.15) is 5.10 Å². The van der Waals surface area contributed by atoms with Crippen molar-refractivity contribution >= 4 is 0 Å². The lowest BCUT2D eigenvalue weighted by molar-refractivity contribution is -0.0152. The number of ether oxygens (including phenoxy) is 1. The fourth-order valence-electron chi connectivity index (χ4n) is 3.67. The standard InChI is InChI=1S/C20H28FN3O2/c1-13-17(14(2)24-23-13)5-4-12-22-18-6-3-7-19(20(18)25)26-16-10-8-15(21)9-11-16/h8-11,18-20,22,25H,3-7,12H2,1-2H3,(H,23,24)/t18-,19+,20+/m0/s1. The van der Waals surface area contributed by atoms with E-state index in [1.807, 2.05) is 13.8 Å². The summed E-state index contributed by atoms with van der Waals surface area (Å²) in [6.07, 6.45) is 3.89. The van der Waals surface area contributed by atoms with E-state index in [4.69, 9.17) is 4.74 Å². The average molecular weight is 361 g/mol. The van der Waals surface area contributed by atoms with Crippen LogP contribution in [0.4, 0.5) is 4.39 Å². The molecule has 2 aromatic rings. The van der Waals surface area contributed by atoms with Gasteiger partial charge in [0.1, 0.15) is 23.8 Å². The van der Waals surface area contributed by atoms with Crippen molar-refractivity contribution in [2.24, 2.45) is 0 Å². The number of rotatable bonds is 7. The number of hydrogen-bond acceptors (Lipinski definition) is 4. The molecule has 1 fully saturated rings. The maximum atomic E-state index is 13.0. The molecule has 0 spiro atoms. The van der Waals surface area contributed by atoms with Gasteiger partial charge in [0.15, 0.2) is 0 Å². The number of hydrogen-bond donors (Lipinski definition) is 3. The molecule has 1 heterocycles. The lowest BCUT2D eigenvalue weighted by Crippen LogP contribution is -2.51. The minimum atomic E-state index is -0.564. The topological polar surface area (TPSA) is 70.2 Å². The van der Waals surface area contributed by atoms with Crippen LogP contribution < -0.4 is 10.1 Å². The zero-order valence-electron chi connectivity index (χ0n) is 15.5. The van der Waals surface area contributed by atoms with Crippen molar-refractivity contribution in [2.45, 2.75) is 64.2 Å². The Balaban J connectivity index is 1.46. The number of aliphatic hydroxyl groups is 1. The maximum absolute atomic E-state index is 13.0. The molecule has 1 aliphatic carbocycles. The Bertz CT molecular complexity index is 682. The van der Waals surface area contributed by atoms with Gasteiger partial charge in [-0.05, 0) is 82.3 Å². The van der Waals surface area contributed by atoms with E-state index in [1.54, 1.807) is 12.1 Å². The smallest absolute Gasteiger partial charge is 0.126 e. The van der Waals surface area contributed by atoms with E-state index >= 15 is 0 Å². The molecule has 0 amide bonds. The van der Waals surface area contributed by atoms with E-state index in [2.05, 4.69) is 15.5 Å². The van der Waals surface area contributed by atoms with Gasteiger partial charge >= 0.3 is 0 Å². The van der Waals surface area contributed by atoms with E-state index in [1.165, 1.54) is 17.7 Å². The van der Waals surface area contributed by atoms with Crippen LogP contribution in [-0.4, -0.2) is 40.1 Å². The first-order valence-electron chi connectivity index (χ1n) is 9.38. The fourth-order valence-corrected chi connectivity index (χ4v) is 3.67. The number of aryl methyl sites for hydroxylation is 2. The minimum absolute atomic E-state index is 0.0285. The van der Waals surface area contributed by atoms with E-state index < -0.39 is 6.10 Å². The van der Waals surface area contributed by atoms with Crippen LogP contribution in [0.15, 0.2) is 24.3 Å². The van der Waals surface area contributed by atoms with Crippen molar-refractivity contribution in [2.75, 3.05) is 6.54 Å². The highest BCUT2D eigenvalue weighted by Gasteiger charge is 2.32. The Morgan fingerprint density at radius 3 is 2.73 bits per heavy atom. The second kappa shape index (κ2) is 8.64. The highest BCUT2D eigenvalue weighted by molar-refractivity contribution is 5.23. The summed E-state index contributed by atoms with van der Waals surface area (Å²) in [5, 5.41) is 21.4. The molecule has 1 saturated carbocycles. The second-order valence-corrected chi connectivity index (χ2v) is 7.11. The minimum Gasteiger partial charge on any atom is -0.488 e. The number of aliphatic hydroxyl groups excluding tert-OH is 1. The molecule has 6 heteroatoms. The van der Waals surface area contributed by atoms with E-state index in [-0.39, 0.29) is 18.0 Å². The number of benzene rings is 1. The lowest BCUT2D eigenvalue weighted by Gasteiger charge is -2.35. The molecule has 5 nitrogen and oxygen atoms in total. The van der Waals surface area contributed by atoms with Crippen LogP contribution in [-0.2, 0) is 6.42 Å². The molecular weight excluding hydrogens is 333 g/mol.